The number of hydrogen-bond acceptors (Lipinski definition) is 5. The average molecular weight is 272 g/mol. The smallest absolute Gasteiger partial charge is 0.227 e. The summed E-state index contributed by atoms with van der Waals surface area (Å²) in [6.45, 7) is 6.32. The molecule has 20 heavy (non-hydrogen) atoms. The maximum absolute atomic E-state index is 4.58. The van der Waals surface area contributed by atoms with E-state index in [1.807, 2.05) is 19.1 Å². The SMILES string of the molecule is Cc1cc(Nc2ccnc(N3CCC(C)CC3)n2)[nH]n1. The molecule has 2 N–H and O–H groups in total. The highest BCUT2D eigenvalue weighted by atomic mass is 15.3. The summed E-state index contributed by atoms with van der Waals surface area (Å²) in [6, 6.07) is 3.82. The Labute approximate surface area is 118 Å². The van der Waals surface area contributed by atoms with Crippen LogP contribution in [0.1, 0.15) is 25.5 Å². The van der Waals surface area contributed by atoms with Crippen LogP contribution >= 0.6 is 0 Å². The standard InChI is InChI=1S/C14H20N6/c1-10-4-7-20(8-5-10)14-15-6-3-12(17-14)16-13-9-11(2)18-19-13/h3,6,9-10H,4-5,7-8H2,1-2H3,(H2,15,16,17,18,19). The lowest BCUT2D eigenvalue weighted by molar-refractivity contribution is 0.434. The molecule has 0 unspecified atom stereocenters. The minimum absolute atomic E-state index is 0.789. The van der Waals surface area contributed by atoms with E-state index in [9.17, 15) is 0 Å². The summed E-state index contributed by atoms with van der Waals surface area (Å²) in [6.07, 6.45) is 4.22. The van der Waals surface area contributed by atoms with Crippen molar-refractivity contribution in [3.05, 3.63) is 24.0 Å². The number of piperidine rings is 1. The molecular weight excluding hydrogens is 252 g/mol. The van der Waals surface area contributed by atoms with Crippen LogP contribution in [0.4, 0.5) is 17.6 Å². The van der Waals surface area contributed by atoms with Gasteiger partial charge in [0.15, 0.2) is 0 Å². The van der Waals surface area contributed by atoms with Crippen LogP contribution in [0.15, 0.2) is 18.3 Å². The van der Waals surface area contributed by atoms with Crippen LogP contribution in [0.25, 0.3) is 0 Å². The predicted octanol–water partition coefficient (Wildman–Crippen LogP) is 2.49. The number of hydrogen-bond donors (Lipinski definition) is 2. The molecule has 0 spiro atoms. The highest BCUT2D eigenvalue weighted by molar-refractivity contribution is 5.53. The molecule has 0 saturated carbocycles. The Morgan fingerprint density at radius 3 is 2.85 bits per heavy atom. The van der Waals surface area contributed by atoms with Gasteiger partial charge in [0.1, 0.15) is 11.6 Å². The molecular formula is C14H20N6. The highest BCUT2D eigenvalue weighted by Crippen LogP contribution is 2.21. The van der Waals surface area contributed by atoms with Gasteiger partial charge in [-0.15, -0.1) is 0 Å². The van der Waals surface area contributed by atoms with Crippen LogP contribution in [0.3, 0.4) is 0 Å². The first kappa shape index (κ1) is 12.9. The van der Waals surface area contributed by atoms with Crippen LogP contribution in [-0.4, -0.2) is 33.3 Å². The van der Waals surface area contributed by atoms with Gasteiger partial charge in [0, 0.05) is 25.4 Å². The number of aryl methyl sites for hydroxylation is 1. The summed E-state index contributed by atoms with van der Waals surface area (Å²) in [5, 5.41) is 10.2. The van der Waals surface area contributed by atoms with E-state index < -0.39 is 0 Å². The Balaban J connectivity index is 1.72. The molecule has 0 radical (unpaired) electrons. The molecule has 0 atom stereocenters. The molecule has 2 aromatic rings. The molecule has 6 nitrogen and oxygen atoms in total. The van der Waals surface area contributed by atoms with E-state index >= 15 is 0 Å². The van der Waals surface area contributed by atoms with Gasteiger partial charge < -0.3 is 10.2 Å². The second kappa shape index (κ2) is 5.48. The van der Waals surface area contributed by atoms with Crippen LogP contribution in [0, 0.1) is 12.8 Å². The van der Waals surface area contributed by atoms with E-state index in [1.165, 1.54) is 12.8 Å². The van der Waals surface area contributed by atoms with Gasteiger partial charge in [-0.1, -0.05) is 6.92 Å². The Morgan fingerprint density at radius 1 is 1.35 bits per heavy atom. The number of nitrogens with one attached hydrogen (secondary N) is 2. The summed E-state index contributed by atoms with van der Waals surface area (Å²) < 4.78 is 0. The maximum atomic E-state index is 4.58. The zero-order chi connectivity index (χ0) is 13.9. The van der Waals surface area contributed by atoms with E-state index in [-0.39, 0.29) is 0 Å². The minimum atomic E-state index is 0.789. The second-order valence-corrected chi connectivity index (χ2v) is 5.46. The molecule has 3 heterocycles. The van der Waals surface area contributed by atoms with Gasteiger partial charge >= 0.3 is 0 Å². The summed E-state index contributed by atoms with van der Waals surface area (Å²) in [5.41, 5.74) is 0.951. The van der Waals surface area contributed by atoms with Crippen molar-refractivity contribution in [2.75, 3.05) is 23.3 Å². The highest BCUT2D eigenvalue weighted by Gasteiger charge is 2.18. The van der Waals surface area contributed by atoms with Gasteiger partial charge in [0.05, 0.1) is 5.69 Å². The van der Waals surface area contributed by atoms with E-state index in [4.69, 9.17) is 0 Å². The zero-order valence-electron chi connectivity index (χ0n) is 11.9. The largest absolute Gasteiger partial charge is 0.341 e. The molecule has 106 valence electrons. The number of rotatable bonds is 3. The fourth-order valence-corrected chi connectivity index (χ4v) is 2.40. The quantitative estimate of drug-likeness (QED) is 0.898. The van der Waals surface area contributed by atoms with Crippen LogP contribution in [0.5, 0.6) is 0 Å². The fourth-order valence-electron chi connectivity index (χ4n) is 2.40. The number of aromatic amines is 1. The van der Waals surface area contributed by atoms with E-state index in [1.54, 1.807) is 6.20 Å². The van der Waals surface area contributed by atoms with Crippen LogP contribution in [0.2, 0.25) is 0 Å². The number of H-pyrrole nitrogens is 1. The third-order valence-corrected chi connectivity index (χ3v) is 3.68. The van der Waals surface area contributed by atoms with Gasteiger partial charge in [0.2, 0.25) is 5.95 Å². The van der Waals surface area contributed by atoms with Crippen molar-refractivity contribution in [1.82, 2.24) is 20.2 Å². The first-order chi connectivity index (χ1) is 9.70. The maximum Gasteiger partial charge on any atom is 0.227 e. The fraction of sp³-hybridized carbons (Fsp3) is 0.500. The molecule has 0 aliphatic carbocycles. The van der Waals surface area contributed by atoms with Crippen molar-refractivity contribution in [2.24, 2.45) is 5.92 Å². The summed E-state index contributed by atoms with van der Waals surface area (Å²) in [7, 11) is 0. The lowest BCUT2D eigenvalue weighted by atomic mass is 10.00. The van der Waals surface area contributed by atoms with Crippen molar-refractivity contribution < 1.29 is 0 Å². The van der Waals surface area contributed by atoms with Gasteiger partial charge in [0.25, 0.3) is 0 Å². The molecule has 1 fully saturated rings. The summed E-state index contributed by atoms with van der Waals surface area (Å²) in [5.74, 6) is 3.25. The average Bonchev–Trinajstić information content (AvgIpc) is 2.85. The third-order valence-electron chi connectivity index (χ3n) is 3.68. The molecule has 1 saturated heterocycles. The van der Waals surface area contributed by atoms with Crippen LogP contribution < -0.4 is 10.2 Å². The van der Waals surface area contributed by atoms with Crippen molar-refractivity contribution in [3.8, 4) is 0 Å². The summed E-state index contributed by atoms with van der Waals surface area (Å²) in [4.78, 5) is 11.2. The van der Waals surface area contributed by atoms with Crippen LogP contribution in [-0.2, 0) is 0 Å². The van der Waals surface area contributed by atoms with Crippen molar-refractivity contribution in [1.29, 1.82) is 0 Å². The Morgan fingerprint density at radius 2 is 2.15 bits per heavy atom. The first-order valence-corrected chi connectivity index (χ1v) is 7.08. The summed E-state index contributed by atoms with van der Waals surface area (Å²) >= 11 is 0. The minimum Gasteiger partial charge on any atom is -0.341 e. The first-order valence-electron chi connectivity index (χ1n) is 7.08. The molecule has 0 aromatic carbocycles. The van der Waals surface area contributed by atoms with Crippen molar-refractivity contribution >= 4 is 17.6 Å². The van der Waals surface area contributed by atoms with Gasteiger partial charge in [-0.05, 0) is 31.7 Å². The second-order valence-electron chi connectivity index (χ2n) is 5.46. The monoisotopic (exact) mass is 272 g/mol. The van der Waals surface area contributed by atoms with Gasteiger partial charge in [-0.2, -0.15) is 10.1 Å². The molecule has 0 amide bonds. The normalized spacial score (nSPS) is 16.4. The number of nitrogens with zero attached hydrogens (tertiary/aromatic N) is 4. The molecule has 2 aromatic heterocycles. The molecule has 1 aliphatic rings. The van der Waals surface area contributed by atoms with Crippen molar-refractivity contribution in [2.45, 2.75) is 26.7 Å². The van der Waals surface area contributed by atoms with E-state index in [0.29, 0.717) is 0 Å². The van der Waals surface area contributed by atoms with Gasteiger partial charge in [-0.3, -0.25) is 5.10 Å². The lowest BCUT2D eigenvalue weighted by Crippen LogP contribution is -2.34. The van der Waals surface area contributed by atoms with Crippen molar-refractivity contribution in [3.63, 3.8) is 0 Å². The Hall–Kier alpha value is -2.11. The molecule has 0 bridgehead atoms. The third kappa shape index (κ3) is 2.89. The lowest BCUT2D eigenvalue weighted by Gasteiger charge is -2.30. The number of aromatic nitrogens is 4. The number of anilines is 3. The topological polar surface area (TPSA) is 69.7 Å². The Kier molecular flexibility index (Phi) is 3.54. The zero-order valence-corrected chi connectivity index (χ0v) is 11.9. The van der Waals surface area contributed by atoms with Gasteiger partial charge in [-0.25, -0.2) is 4.98 Å². The molecule has 6 heteroatoms. The van der Waals surface area contributed by atoms with E-state index in [2.05, 4.69) is 37.3 Å². The van der Waals surface area contributed by atoms with E-state index in [0.717, 1.165) is 42.3 Å². The predicted molar refractivity (Wildman–Crippen MR) is 79.3 cm³/mol. The molecule has 3 rings (SSSR count). The molecule has 1 aliphatic heterocycles. The Bertz CT molecular complexity index is 571.